The second kappa shape index (κ2) is 9.31. The fourth-order valence-electron chi connectivity index (χ4n) is 4.81. The summed E-state index contributed by atoms with van der Waals surface area (Å²) < 4.78 is 15.4. The van der Waals surface area contributed by atoms with Crippen molar-refractivity contribution in [2.45, 2.75) is 39.5 Å². The number of nitrogens with one attached hydrogen (secondary N) is 1. The lowest BCUT2D eigenvalue weighted by atomic mass is 9.88. The smallest absolute Gasteiger partial charge is 0.147 e. The highest BCUT2D eigenvalue weighted by Gasteiger charge is 2.40. The minimum absolute atomic E-state index is 0.00136. The first-order valence-electron chi connectivity index (χ1n) is 12.0. The second-order valence-electron chi connectivity index (χ2n) is 9.82. The molecule has 36 heavy (non-hydrogen) atoms. The van der Waals surface area contributed by atoms with Crippen molar-refractivity contribution in [3.05, 3.63) is 82.9 Å². The van der Waals surface area contributed by atoms with Gasteiger partial charge in [0.25, 0.3) is 0 Å². The highest BCUT2D eigenvalue weighted by Crippen LogP contribution is 2.46. The number of hydrogen-bond acceptors (Lipinski definition) is 7. The molecular formula is C27H30FN7O. The van der Waals surface area contributed by atoms with Gasteiger partial charge in [-0.05, 0) is 55.3 Å². The second-order valence-corrected chi connectivity index (χ2v) is 9.82. The van der Waals surface area contributed by atoms with Gasteiger partial charge in [0.1, 0.15) is 35.4 Å². The van der Waals surface area contributed by atoms with Crippen LogP contribution in [0.25, 0.3) is 5.69 Å². The molecule has 0 fully saturated rings. The van der Waals surface area contributed by atoms with Gasteiger partial charge in [0.2, 0.25) is 0 Å². The molecule has 186 valence electrons. The van der Waals surface area contributed by atoms with Crippen LogP contribution in [0.15, 0.2) is 48.8 Å². The molecule has 3 heterocycles. The standard InChI is InChI=1S/C27H30FN7O/c1-17-13-19(5-10-22(17)35-16-30-18(2)33-35)14-23-31-25(29-11-12-36)24-26(32-23)34(15-27(24,3)4)21-8-6-20(28)7-9-21/h5-10,13,16,36H,11-12,14-15H2,1-4H3,(H,29,31,32). The Bertz CT molecular complexity index is 1400. The third kappa shape index (κ3) is 4.54. The lowest BCUT2D eigenvalue weighted by Gasteiger charge is -2.22. The number of rotatable bonds is 7. The van der Waals surface area contributed by atoms with Crippen molar-refractivity contribution in [1.82, 2.24) is 24.7 Å². The van der Waals surface area contributed by atoms with Gasteiger partial charge in [-0.25, -0.2) is 24.0 Å². The fourth-order valence-corrected chi connectivity index (χ4v) is 4.81. The molecule has 0 saturated heterocycles. The van der Waals surface area contributed by atoms with E-state index in [1.54, 1.807) is 23.1 Å². The number of benzene rings is 2. The number of aliphatic hydroxyl groups excluding tert-OH is 1. The minimum atomic E-state index is -0.272. The lowest BCUT2D eigenvalue weighted by molar-refractivity contribution is 0.311. The average molecular weight is 488 g/mol. The number of aliphatic hydroxyl groups is 1. The van der Waals surface area contributed by atoms with Crippen molar-refractivity contribution < 1.29 is 9.50 Å². The highest BCUT2D eigenvalue weighted by atomic mass is 19.1. The van der Waals surface area contributed by atoms with Crippen LogP contribution in [-0.2, 0) is 11.8 Å². The Labute approximate surface area is 209 Å². The first-order valence-corrected chi connectivity index (χ1v) is 12.0. The Balaban J connectivity index is 1.53. The maximum absolute atomic E-state index is 13.6. The third-order valence-corrected chi connectivity index (χ3v) is 6.44. The molecule has 0 bridgehead atoms. The molecule has 8 nitrogen and oxygen atoms in total. The topological polar surface area (TPSA) is 92.0 Å². The van der Waals surface area contributed by atoms with Crippen LogP contribution in [0.3, 0.4) is 0 Å². The van der Waals surface area contributed by atoms with Gasteiger partial charge >= 0.3 is 0 Å². The molecule has 9 heteroatoms. The van der Waals surface area contributed by atoms with E-state index in [4.69, 9.17) is 9.97 Å². The van der Waals surface area contributed by atoms with Gasteiger partial charge in [-0.1, -0.05) is 26.0 Å². The molecule has 5 rings (SSSR count). The van der Waals surface area contributed by atoms with Gasteiger partial charge in [-0.3, -0.25) is 0 Å². The third-order valence-electron chi connectivity index (χ3n) is 6.44. The molecule has 2 N–H and O–H groups in total. The van der Waals surface area contributed by atoms with Crippen LogP contribution >= 0.6 is 0 Å². The number of aromatic nitrogens is 5. The van der Waals surface area contributed by atoms with Crippen molar-refractivity contribution in [1.29, 1.82) is 0 Å². The predicted molar refractivity (Wildman–Crippen MR) is 138 cm³/mol. The molecule has 0 saturated carbocycles. The molecular weight excluding hydrogens is 457 g/mol. The molecule has 1 aliphatic rings. The zero-order chi connectivity index (χ0) is 25.4. The fraction of sp³-hybridized carbons (Fsp3) is 0.333. The Morgan fingerprint density at radius 1 is 1.08 bits per heavy atom. The molecule has 1 aliphatic heterocycles. The summed E-state index contributed by atoms with van der Waals surface area (Å²) in [4.78, 5) is 16.2. The molecule has 4 aromatic rings. The number of anilines is 3. The van der Waals surface area contributed by atoms with Gasteiger partial charge in [0.15, 0.2) is 0 Å². The summed E-state index contributed by atoms with van der Waals surface area (Å²) in [5.74, 6) is 2.66. The highest BCUT2D eigenvalue weighted by molar-refractivity contribution is 5.74. The molecule has 0 spiro atoms. The van der Waals surface area contributed by atoms with Gasteiger partial charge in [0, 0.05) is 36.2 Å². The van der Waals surface area contributed by atoms with Crippen LogP contribution in [0.4, 0.5) is 21.7 Å². The van der Waals surface area contributed by atoms with Crippen LogP contribution < -0.4 is 10.2 Å². The molecule has 2 aromatic carbocycles. The van der Waals surface area contributed by atoms with Gasteiger partial charge in [-0.2, -0.15) is 5.10 Å². The molecule has 0 atom stereocenters. The van der Waals surface area contributed by atoms with Crippen molar-refractivity contribution >= 4 is 17.3 Å². The van der Waals surface area contributed by atoms with Crippen LogP contribution in [0, 0.1) is 19.7 Å². The lowest BCUT2D eigenvalue weighted by Crippen LogP contribution is -2.25. The Morgan fingerprint density at radius 2 is 1.86 bits per heavy atom. The average Bonchev–Trinajstić information content (AvgIpc) is 3.38. The van der Waals surface area contributed by atoms with Crippen molar-refractivity contribution in [2.75, 3.05) is 29.9 Å². The maximum Gasteiger partial charge on any atom is 0.147 e. The van der Waals surface area contributed by atoms with E-state index in [0.29, 0.717) is 25.3 Å². The summed E-state index contributed by atoms with van der Waals surface area (Å²) in [7, 11) is 0. The van der Waals surface area contributed by atoms with E-state index in [0.717, 1.165) is 45.5 Å². The molecule has 0 unspecified atom stereocenters. The largest absolute Gasteiger partial charge is 0.395 e. The summed E-state index contributed by atoms with van der Waals surface area (Å²) >= 11 is 0. The number of hydrogen-bond donors (Lipinski definition) is 2. The number of halogens is 1. The monoisotopic (exact) mass is 487 g/mol. The summed E-state index contributed by atoms with van der Waals surface area (Å²) in [6, 6.07) is 12.7. The quantitative estimate of drug-likeness (QED) is 0.403. The number of aryl methyl sites for hydroxylation is 2. The molecule has 0 aliphatic carbocycles. The number of fused-ring (bicyclic) bond motifs is 1. The Morgan fingerprint density at radius 3 is 2.53 bits per heavy atom. The van der Waals surface area contributed by atoms with Crippen LogP contribution in [0.5, 0.6) is 0 Å². The van der Waals surface area contributed by atoms with Gasteiger partial charge in [0.05, 0.1) is 12.3 Å². The zero-order valence-electron chi connectivity index (χ0n) is 21.0. The minimum Gasteiger partial charge on any atom is -0.395 e. The van der Waals surface area contributed by atoms with E-state index in [1.807, 2.05) is 19.9 Å². The maximum atomic E-state index is 13.6. The molecule has 2 aromatic heterocycles. The first kappa shape index (κ1) is 23.9. The van der Waals surface area contributed by atoms with Gasteiger partial charge in [-0.15, -0.1) is 0 Å². The van der Waals surface area contributed by atoms with Crippen molar-refractivity contribution in [2.24, 2.45) is 0 Å². The van der Waals surface area contributed by atoms with Gasteiger partial charge < -0.3 is 15.3 Å². The van der Waals surface area contributed by atoms with E-state index in [1.165, 1.54) is 12.1 Å². The summed E-state index contributed by atoms with van der Waals surface area (Å²) in [5.41, 5.74) is 4.76. The summed E-state index contributed by atoms with van der Waals surface area (Å²) in [6.07, 6.45) is 2.25. The molecule has 0 amide bonds. The summed E-state index contributed by atoms with van der Waals surface area (Å²) in [5, 5.41) is 17.2. The zero-order valence-corrected chi connectivity index (χ0v) is 21.0. The van der Waals surface area contributed by atoms with E-state index >= 15 is 0 Å². The normalized spacial score (nSPS) is 14.2. The van der Waals surface area contributed by atoms with E-state index in [2.05, 4.69) is 46.3 Å². The van der Waals surface area contributed by atoms with Crippen molar-refractivity contribution in [3.63, 3.8) is 0 Å². The molecule has 0 radical (unpaired) electrons. The van der Waals surface area contributed by atoms with E-state index < -0.39 is 0 Å². The Hall–Kier alpha value is -3.85. The number of nitrogens with zero attached hydrogens (tertiary/aromatic N) is 6. The Kier molecular flexibility index (Phi) is 6.17. The van der Waals surface area contributed by atoms with E-state index in [-0.39, 0.29) is 17.8 Å². The summed E-state index contributed by atoms with van der Waals surface area (Å²) in [6.45, 7) is 9.29. The SMILES string of the molecule is Cc1ncn(-c2ccc(Cc3nc(NCCO)c4c(n3)N(c3ccc(F)cc3)CC4(C)C)cc2C)n1. The predicted octanol–water partition coefficient (Wildman–Crippen LogP) is 4.24. The van der Waals surface area contributed by atoms with E-state index in [9.17, 15) is 9.50 Å². The first-order chi connectivity index (χ1) is 17.2. The van der Waals surface area contributed by atoms with Crippen molar-refractivity contribution in [3.8, 4) is 5.69 Å². The van der Waals surface area contributed by atoms with Crippen LogP contribution in [-0.4, -0.2) is 49.5 Å². The van der Waals surface area contributed by atoms with Crippen LogP contribution in [0.1, 0.15) is 42.2 Å². The van der Waals surface area contributed by atoms with Crippen LogP contribution in [0.2, 0.25) is 0 Å².